The average molecular weight is 327 g/mol. The number of amides is 1. The third-order valence-corrected chi connectivity index (χ3v) is 3.79. The highest BCUT2D eigenvalue weighted by atomic mass is 16.2. The van der Waals surface area contributed by atoms with E-state index in [4.69, 9.17) is 0 Å². The number of Topliss-reactive ketones (excluding diaryl/α,β-unsaturated/α-hetero) is 1. The van der Waals surface area contributed by atoms with Gasteiger partial charge in [0.05, 0.1) is 5.69 Å². The summed E-state index contributed by atoms with van der Waals surface area (Å²) in [7, 11) is 3.08. The summed E-state index contributed by atoms with van der Waals surface area (Å²) < 4.78 is 0.966. The van der Waals surface area contributed by atoms with E-state index >= 15 is 0 Å². The molecule has 1 amide bonds. The summed E-state index contributed by atoms with van der Waals surface area (Å²) in [5.74, 6) is -0.905. The van der Waals surface area contributed by atoms with Gasteiger partial charge in [0.1, 0.15) is 0 Å². The summed E-state index contributed by atoms with van der Waals surface area (Å²) in [5, 5.41) is 4.26. The van der Waals surface area contributed by atoms with E-state index in [0.717, 1.165) is 16.7 Å². The number of ketones is 1. The van der Waals surface area contributed by atoms with Gasteiger partial charge in [-0.15, -0.1) is 0 Å². The number of aryl methyl sites for hydroxylation is 1. The van der Waals surface area contributed by atoms with Gasteiger partial charge in [-0.25, -0.2) is 4.68 Å². The monoisotopic (exact) mass is 327 g/mol. The first-order valence-electron chi connectivity index (χ1n) is 7.76. The minimum absolute atomic E-state index is 0.429. The molecule has 0 aliphatic rings. The molecular formula is C18H21N3O3. The first kappa shape index (κ1) is 17.6. The molecule has 0 radical (unpaired) electrons. The van der Waals surface area contributed by atoms with E-state index in [0.29, 0.717) is 5.69 Å². The van der Waals surface area contributed by atoms with Crippen LogP contribution in [-0.2, 0) is 16.0 Å². The maximum atomic E-state index is 12.3. The topological polar surface area (TPSA) is 72.3 Å². The van der Waals surface area contributed by atoms with Gasteiger partial charge in [-0.1, -0.05) is 31.2 Å². The highest BCUT2D eigenvalue weighted by molar-refractivity contribution is 6.02. The van der Waals surface area contributed by atoms with Gasteiger partial charge >= 0.3 is 0 Å². The van der Waals surface area contributed by atoms with Gasteiger partial charge in [0.25, 0.3) is 11.5 Å². The summed E-state index contributed by atoms with van der Waals surface area (Å²) in [6.45, 7) is 3.35. The number of hydrogen-bond donors (Lipinski definition) is 0. The van der Waals surface area contributed by atoms with Gasteiger partial charge in [-0.05, 0) is 25.0 Å². The Labute approximate surface area is 140 Å². The fourth-order valence-corrected chi connectivity index (χ4v) is 2.37. The molecule has 2 aromatic rings. The summed E-state index contributed by atoms with van der Waals surface area (Å²) >= 11 is 0. The zero-order chi connectivity index (χ0) is 17.9. The molecule has 0 bridgehead atoms. The Balaban J connectivity index is 2.52. The zero-order valence-electron chi connectivity index (χ0n) is 14.3. The molecule has 1 aromatic carbocycles. The van der Waals surface area contributed by atoms with Crippen molar-refractivity contribution in [3.05, 3.63) is 52.3 Å². The maximum Gasteiger partial charge on any atom is 0.267 e. The molecule has 0 saturated heterocycles. The van der Waals surface area contributed by atoms with Crippen molar-refractivity contribution in [2.75, 3.05) is 14.1 Å². The van der Waals surface area contributed by atoms with E-state index in [1.54, 1.807) is 6.07 Å². The Bertz CT molecular complexity index is 807. The van der Waals surface area contributed by atoms with Crippen molar-refractivity contribution < 1.29 is 9.59 Å². The van der Waals surface area contributed by atoms with Crippen LogP contribution in [0.5, 0.6) is 0 Å². The molecule has 1 heterocycles. The standard InChI is InChI=1S/C18H21N3O3/c1-5-13-6-8-14(9-7-13)15-10-11-16(23)21(19-15)17(12(2)22)18(24)20(3)4/h6-11,17H,5H2,1-4H3/t17-/m1/s1. The van der Waals surface area contributed by atoms with Crippen molar-refractivity contribution in [2.24, 2.45) is 0 Å². The molecule has 0 aliphatic heterocycles. The SMILES string of the molecule is CCc1ccc(-c2ccc(=O)n([C@H](C(C)=O)C(=O)N(C)C)n2)cc1. The lowest BCUT2D eigenvalue weighted by atomic mass is 10.1. The van der Waals surface area contributed by atoms with Crippen LogP contribution < -0.4 is 5.56 Å². The lowest BCUT2D eigenvalue weighted by molar-refractivity contribution is -0.138. The molecule has 0 aliphatic carbocycles. The molecule has 0 N–H and O–H groups in total. The van der Waals surface area contributed by atoms with E-state index in [-0.39, 0.29) is 0 Å². The molecule has 0 saturated carbocycles. The van der Waals surface area contributed by atoms with Gasteiger partial charge in [0.2, 0.25) is 0 Å². The fraction of sp³-hybridized carbons (Fsp3) is 0.333. The molecule has 0 fully saturated rings. The molecule has 0 unspecified atom stereocenters. The van der Waals surface area contributed by atoms with Gasteiger partial charge in [-0.2, -0.15) is 5.10 Å². The zero-order valence-corrected chi connectivity index (χ0v) is 14.3. The second kappa shape index (κ2) is 7.21. The number of nitrogens with zero attached hydrogens (tertiary/aromatic N) is 3. The van der Waals surface area contributed by atoms with E-state index in [2.05, 4.69) is 12.0 Å². The molecule has 6 heteroatoms. The predicted octanol–water partition coefficient (Wildman–Crippen LogP) is 1.69. The predicted molar refractivity (Wildman–Crippen MR) is 91.7 cm³/mol. The summed E-state index contributed by atoms with van der Waals surface area (Å²) in [5.41, 5.74) is 2.06. The van der Waals surface area contributed by atoms with Crippen LogP contribution in [0.25, 0.3) is 11.3 Å². The van der Waals surface area contributed by atoms with E-state index in [1.165, 1.54) is 37.5 Å². The number of aromatic nitrogens is 2. The summed E-state index contributed by atoms with van der Waals surface area (Å²) in [6.07, 6.45) is 0.928. The van der Waals surface area contributed by atoms with Gasteiger partial charge in [0.15, 0.2) is 11.8 Å². The van der Waals surface area contributed by atoms with Crippen molar-refractivity contribution in [3.8, 4) is 11.3 Å². The highest BCUT2D eigenvalue weighted by Gasteiger charge is 2.29. The van der Waals surface area contributed by atoms with E-state index in [1.807, 2.05) is 24.3 Å². The Morgan fingerprint density at radius 1 is 1.12 bits per heavy atom. The Hall–Kier alpha value is -2.76. The van der Waals surface area contributed by atoms with Gasteiger partial charge in [0, 0.05) is 25.7 Å². The number of rotatable bonds is 5. The van der Waals surface area contributed by atoms with E-state index < -0.39 is 23.3 Å². The van der Waals surface area contributed by atoms with Crippen molar-refractivity contribution in [2.45, 2.75) is 26.3 Å². The van der Waals surface area contributed by atoms with Crippen LogP contribution in [-0.4, -0.2) is 40.5 Å². The van der Waals surface area contributed by atoms with E-state index in [9.17, 15) is 14.4 Å². The van der Waals surface area contributed by atoms with Crippen molar-refractivity contribution in [1.82, 2.24) is 14.7 Å². The molecule has 0 spiro atoms. The van der Waals surface area contributed by atoms with Crippen molar-refractivity contribution in [1.29, 1.82) is 0 Å². The molecule has 1 atom stereocenters. The fourth-order valence-electron chi connectivity index (χ4n) is 2.37. The average Bonchev–Trinajstić information content (AvgIpc) is 2.56. The molecule has 24 heavy (non-hydrogen) atoms. The minimum Gasteiger partial charge on any atom is -0.347 e. The Morgan fingerprint density at radius 3 is 2.25 bits per heavy atom. The van der Waals surface area contributed by atoms with Crippen LogP contribution in [0.15, 0.2) is 41.2 Å². The number of likely N-dealkylation sites (N-methyl/N-ethyl adjacent to an activating group) is 1. The molecule has 6 nitrogen and oxygen atoms in total. The quantitative estimate of drug-likeness (QED) is 0.784. The number of carbonyl (C=O) groups excluding carboxylic acids is 2. The van der Waals surface area contributed by atoms with Crippen LogP contribution >= 0.6 is 0 Å². The van der Waals surface area contributed by atoms with Crippen LogP contribution in [0, 0.1) is 0 Å². The largest absolute Gasteiger partial charge is 0.347 e. The Kier molecular flexibility index (Phi) is 5.28. The number of carbonyl (C=O) groups is 2. The van der Waals surface area contributed by atoms with Crippen molar-refractivity contribution >= 4 is 11.7 Å². The lowest BCUT2D eigenvalue weighted by Crippen LogP contribution is -2.41. The molecule has 2 rings (SSSR count). The number of hydrogen-bond acceptors (Lipinski definition) is 4. The third kappa shape index (κ3) is 3.59. The van der Waals surface area contributed by atoms with Crippen LogP contribution in [0.2, 0.25) is 0 Å². The molecule has 1 aromatic heterocycles. The smallest absolute Gasteiger partial charge is 0.267 e. The van der Waals surface area contributed by atoms with Crippen LogP contribution in [0.3, 0.4) is 0 Å². The first-order valence-corrected chi connectivity index (χ1v) is 7.76. The highest BCUT2D eigenvalue weighted by Crippen LogP contribution is 2.18. The lowest BCUT2D eigenvalue weighted by Gasteiger charge is -2.19. The summed E-state index contributed by atoms with van der Waals surface area (Å²) in [6, 6.07) is 9.47. The second-order valence-electron chi connectivity index (χ2n) is 5.80. The van der Waals surface area contributed by atoms with Gasteiger partial charge in [-0.3, -0.25) is 14.4 Å². The minimum atomic E-state index is -1.25. The second-order valence-corrected chi connectivity index (χ2v) is 5.80. The first-order chi connectivity index (χ1) is 11.3. The van der Waals surface area contributed by atoms with Crippen LogP contribution in [0.4, 0.5) is 0 Å². The summed E-state index contributed by atoms with van der Waals surface area (Å²) in [4.78, 5) is 37.6. The maximum absolute atomic E-state index is 12.3. The Morgan fingerprint density at radius 2 is 1.75 bits per heavy atom. The molecule has 126 valence electrons. The third-order valence-electron chi connectivity index (χ3n) is 3.79. The van der Waals surface area contributed by atoms with Crippen molar-refractivity contribution in [3.63, 3.8) is 0 Å². The van der Waals surface area contributed by atoms with Crippen LogP contribution in [0.1, 0.15) is 25.5 Å². The van der Waals surface area contributed by atoms with Gasteiger partial charge < -0.3 is 4.90 Å². The molecular weight excluding hydrogens is 306 g/mol. The number of benzene rings is 1. The normalized spacial score (nSPS) is 11.8.